The molecule has 0 saturated carbocycles. The van der Waals surface area contributed by atoms with Crippen molar-refractivity contribution in [2.75, 3.05) is 0 Å². The Balaban J connectivity index is 2.60. The maximum atomic E-state index is 12.2. The number of Topliss-reactive ketones (excluding diaryl/α,β-unsaturated/α-hetero) is 2. The highest BCUT2D eigenvalue weighted by Crippen LogP contribution is 2.47. The molecule has 1 unspecified atom stereocenters. The summed E-state index contributed by atoms with van der Waals surface area (Å²) in [6.07, 6.45) is 0.505. The third kappa shape index (κ3) is 2.40. The highest BCUT2D eigenvalue weighted by Gasteiger charge is 2.44. The number of rotatable bonds is 3. The van der Waals surface area contributed by atoms with Gasteiger partial charge in [0.05, 0.1) is 5.57 Å². The summed E-state index contributed by atoms with van der Waals surface area (Å²) in [5.41, 5.74) is 0.532. The summed E-state index contributed by atoms with van der Waals surface area (Å²) in [6.45, 7) is 5.60. The molecule has 106 valence electrons. The van der Waals surface area contributed by atoms with Crippen LogP contribution in [0.5, 0.6) is 0 Å². The van der Waals surface area contributed by atoms with Gasteiger partial charge in [-0.2, -0.15) is 0 Å². The first kappa shape index (κ1) is 14.5. The lowest BCUT2D eigenvalue weighted by Gasteiger charge is -2.38. The van der Waals surface area contributed by atoms with Gasteiger partial charge in [-0.05, 0) is 11.0 Å². The number of carbonyl (C=O) groups is 2. The summed E-state index contributed by atoms with van der Waals surface area (Å²) in [4.78, 5) is 24.1. The van der Waals surface area contributed by atoms with Crippen molar-refractivity contribution >= 4 is 11.6 Å². The Kier molecular flexibility index (Phi) is 3.80. The average molecular weight is 272 g/mol. The molecule has 0 saturated heterocycles. The lowest BCUT2D eigenvalue weighted by atomic mass is 9.65. The summed E-state index contributed by atoms with van der Waals surface area (Å²) in [5, 5.41) is 10.5. The van der Waals surface area contributed by atoms with E-state index >= 15 is 0 Å². The van der Waals surface area contributed by atoms with Crippen LogP contribution in [0.25, 0.3) is 0 Å². The predicted molar refractivity (Wildman–Crippen MR) is 77.5 cm³/mol. The number of carbonyl (C=O) groups excluding carboxylic acids is 2. The van der Waals surface area contributed by atoms with E-state index < -0.39 is 5.41 Å². The smallest absolute Gasteiger partial charge is 0.170 e. The number of aliphatic hydroxyl groups is 1. The van der Waals surface area contributed by atoms with Crippen LogP contribution >= 0.6 is 0 Å². The van der Waals surface area contributed by atoms with Crippen LogP contribution < -0.4 is 0 Å². The fourth-order valence-corrected chi connectivity index (χ4v) is 2.99. The van der Waals surface area contributed by atoms with Gasteiger partial charge in [-0.3, -0.25) is 9.59 Å². The van der Waals surface area contributed by atoms with Gasteiger partial charge >= 0.3 is 0 Å². The highest BCUT2D eigenvalue weighted by molar-refractivity contribution is 6.21. The number of hydrogen-bond acceptors (Lipinski definition) is 3. The molecule has 2 rings (SSSR count). The second-order valence-electron chi connectivity index (χ2n) is 5.97. The summed E-state index contributed by atoms with van der Waals surface area (Å²) in [5.74, 6) is -0.897. The number of benzene rings is 1. The molecule has 0 fully saturated rings. The van der Waals surface area contributed by atoms with Gasteiger partial charge in [-0.1, -0.05) is 51.1 Å². The molecule has 1 N–H and O–H groups in total. The first-order valence-electron chi connectivity index (χ1n) is 6.93. The zero-order valence-corrected chi connectivity index (χ0v) is 12.1. The van der Waals surface area contributed by atoms with E-state index in [0.717, 1.165) is 5.56 Å². The summed E-state index contributed by atoms with van der Waals surface area (Å²) >= 11 is 0. The zero-order chi connectivity index (χ0) is 14.9. The molecule has 0 radical (unpaired) electrons. The van der Waals surface area contributed by atoms with Gasteiger partial charge in [0.1, 0.15) is 5.76 Å². The summed E-state index contributed by atoms with van der Waals surface area (Å²) in [6, 6.07) is 9.55. The van der Waals surface area contributed by atoms with Crippen molar-refractivity contribution in [2.24, 2.45) is 5.41 Å². The SMILES string of the molecule is CCC(=O)C1=C(O)C(c2ccccc2)C(C)(C)CC1=O. The average Bonchev–Trinajstić information content (AvgIpc) is 2.38. The van der Waals surface area contributed by atoms with Gasteiger partial charge in [0.15, 0.2) is 11.6 Å². The molecule has 1 aliphatic carbocycles. The molecule has 20 heavy (non-hydrogen) atoms. The van der Waals surface area contributed by atoms with Crippen LogP contribution in [0.15, 0.2) is 41.7 Å². The van der Waals surface area contributed by atoms with E-state index in [1.54, 1.807) is 6.92 Å². The molecular weight excluding hydrogens is 252 g/mol. The topological polar surface area (TPSA) is 54.4 Å². The molecular formula is C17H20O3. The maximum absolute atomic E-state index is 12.2. The van der Waals surface area contributed by atoms with Crippen LogP contribution in [0.2, 0.25) is 0 Å². The van der Waals surface area contributed by atoms with Crippen molar-refractivity contribution in [3.8, 4) is 0 Å². The Labute approximate surface area is 119 Å². The van der Waals surface area contributed by atoms with Crippen LogP contribution in [0.1, 0.15) is 45.1 Å². The van der Waals surface area contributed by atoms with Crippen LogP contribution in [0.3, 0.4) is 0 Å². The standard InChI is InChI=1S/C17H20O3/c1-4-12(18)14-13(19)10-17(2,3)15(16(14)20)11-8-6-5-7-9-11/h5-9,15,20H,4,10H2,1-3H3. The van der Waals surface area contributed by atoms with E-state index in [4.69, 9.17) is 0 Å². The number of allylic oxidation sites excluding steroid dienone is 2. The Bertz CT molecular complexity index is 567. The Hall–Kier alpha value is -1.90. The largest absolute Gasteiger partial charge is 0.511 e. The fraction of sp³-hybridized carbons (Fsp3) is 0.412. The Morgan fingerprint density at radius 3 is 2.45 bits per heavy atom. The van der Waals surface area contributed by atoms with E-state index in [-0.39, 0.29) is 41.7 Å². The molecule has 3 heteroatoms. The lowest BCUT2D eigenvalue weighted by molar-refractivity contribution is -0.124. The first-order valence-corrected chi connectivity index (χ1v) is 6.93. The third-order valence-corrected chi connectivity index (χ3v) is 3.94. The minimum Gasteiger partial charge on any atom is -0.511 e. The van der Waals surface area contributed by atoms with Crippen molar-refractivity contribution in [2.45, 2.75) is 39.5 Å². The number of aliphatic hydroxyl groups excluding tert-OH is 1. The van der Waals surface area contributed by atoms with E-state index in [0.29, 0.717) is 0 Å². The molecule has 0 aliphatic heterocycles. The van der Waals surface area contributed by atoms with Gasteiger partial charge in [-0.25, -0.2) is 0 Å². The van der Waals surface area contributed by atoms with E-state index in [1.807, 2.05) is 44.2 Å². The van der Waals surface area contributed by atoms with Gasteiger partial charge in [0.25, 0.3) is 0 Å². The molecule has 1 atom stereocenters. The third-order valence-electron chi connectivity index (χ3n) is 3.94. The first-order chi connectivity index (χ1) is 9.38. The molecule has 0 spiro atoms. The summed E-state index contributed by atoms with van der Waals surface area (Å²) < 4.78 is 0. The van der Waals surface area contributed by atoms with E-state index in [2.05, 4.69) is 0 Å². The molecule has 1 aromatic carbocycles. The molecule has 0 bridgehead atoms. The fourth-order valence-electron chi connectivity index (χ4n) is 2.99. The molecule has 0 amide bonds. The molecule has 0 heterocycles. The van der Waals surface area contributed by atoms with Gasteiger partial charge < -0.3 is 5.11 Å². The Morgan fingerprint density at radius 1 is 1.30 bits per heavy atom. The van der Waals surface area contributed by atoms with E-state index in [1.165, 1.54) is 0 Å². The van der Waals surface area contributed by atoms with Gasteiger partial charge in [-0.15, -0.1) is 0 Å². The number of hydrogen-bond donors (Lipinski definition) is 1. The van der Waals surface area contributed by atoms with Gasteiger partial charge in [0.2, 0.25) is 0 Å². The highest BCUT2D eigenvalue weighted by atomic mass is 16.3. The quantitative estimate of drug-likeness (QED) is 0.856. The molecule has 1 aliphatic rings. The van der Waals surface area contributed by atoms with E-state index in [9.17, 15) is 14.7 Å². The van der Waals surface area contributed by atoms with Gasteiger partial charge in [0, 0.05) is 18.8 Å². The second kappa shape index (κ2) is 5.23. The Morgan fingerprint density at radius 2 is 1.90 bits per heavy atom. The van der Waals surface area contributed by atoms with Crippen LogP contribution in [-0.4, -0.2) is 16.7 Å². The molecule has 0 aromatic heterocycles. The van der Waals surface area contributed by atoms with Crippen molar-refractivity contribution in [1.82, 2.24) is 0 Å². The summed E-state index contributed by atoms with van der Waals surface area (Å²) in [7, 11) is 0. The lowest BCUT2D eigenvalue weighted by Crippen LogP contribution is -2.35. The van der Waals surface area contributed by atoms with Crippen molar-refractivity contribution in [3.05, 3.63) is 47.2 Å². The van der Waals surface area contributed by atoms with Crippen molar-refractivity contribution < 1.29 is 14.7 Å². The zero-order valence-electron chi connectivity index (χ0n) is 12.1. The van der Waals surface area contributed by atoms with Crippen LogP contribution in [0.4, 0.5) is 0 Å². The van der Waals surface area contributed by atoms with Crippen LogP contribution in [-0.2, 0) is 9.59 Å². The minimum absolute atomic E-state index is 0.000628. The molecule has 3 nitrogen and oxygen atoms in total. The second-order valence-corrected chi connectivity index (χ2v) is 5.97. The van der Waals surface area contributed by atoms with Crippen molar-refractivity contribution in [3.63, 3.8) is 0 Å². The predicted octanol–water partition coefficient (Wildman–Crippen LogP) is 3.56. The normalized spacial score (nSPS) is 21.9. The van der Waals surface area contributed by atoms with Crippen molar-refractivity contribution in [1.29, 1.82) is 0 Å². The van der Waals surface area contributed by atoms with Crippen LogP contribution in [0, 0.1) is 5.41 Å². The number of ketones is 2. The minimum atomic E-state index is -0.403. The maximum Gasteiger partial charge on any atom is 0.170 e. The monoisotopic (exact) mass is 272 g/mol. The molecule has 1 aromatic rings.